The number of hydrogen-bond acceptors (Lipinski definition) is 4. The zero-order valence-corrected chi connectivity index (χ0v) is 20.9. The molecule has 2 aliphatic heterocycles. The fraction of sp³-hybridized carbons (Fsp3) is 0.414. The largest absolute Gasteiger partial charge is 0.393 e. The van der Waals surface area contributed by atoms with Gasteiger partial charge in [-0.05, 0) is 50.3 Å². The molecule has 1 N–H and O–H groups in total. The van der Waals surface area contributed by atoms with Crippen LogP contribution in [0.4, 0.5) is 0 Å². The first kappa shape index (κ1) is 24.3. The van der Waals surface area contributed by atoms with Crippen molar-refractivity contribution in [2.75, 3.05) is 19.6 Å². The van der Waals surface area contributed by atoms with Crippen molar-refractivity contribution in [2.24, 2.45) is 0 Å². The molecule has 0 spiro atoms. The van der Waals surface area contributed by atoms with Gasteiger partial charge in [0.05, 0.1) is 12.6 Å². The minimum Gasteiger partial charge on any atom is -0.393 e. The van der Waals surface area contributed by atoms with E-state index in [1.807, 2.05) is 46.8 Å². The normalized spacial score (nSPS) is 16.2. The van der Waals surface area contributed by atoms with Gasteiger partial charge in [0.1, 0.15) is 0 Å². The van der Waals surface area contributed by atoms with E-state index >= 15 is 0 Å². The van der Waals surface area contributed by atoms with Crippen LogP contribution in [0.3, 0.4) is 0 Å². The summed E-state index contributed by atoms with van der Waals surface area (Å²) < 4.78 is 2.00. The van der Waals surface area contributed by atoms with E-state index in [2.05, 4.69) is 24.3 Å². The summed E-state index contributed by atoms with van der Waals surface area (Å²) in [4.78, 5) is 30.4. The highest BCUT2D eigenvalue weighted by Crippen LogP contribution is 2.26. The van der Waals surface area contributed by atoms with Crippen molar-refractivity contribution in [2.45, 2.75) is 58.2 Å². The van der Waals surface area contributed by atoms with Gasteiger partial charge < -0.3 is 14.9 Å². The maximum absolute atomic E-state index is 13.5. The quantitative estimate of drug-likeness (QED) is 0.577. The number of carbonyl (C=O) groups is 2. The van der Waals surface area contributed by atoms with Gasteiger partial charge in [-0.25, -0.2) is 0 Å². The van der Waals surface area contributed by atoms with Gasteiger partial charge >= 0.3 is 0 Å². The molecule has 0 radical (unpaired) electrons. The first-order valence-corrected chi connectivity index (χ1v) is 13.0. The first-order valence-electron chi connectivity index (χ1n) is 13.0. The first-order chi connectivity index (χ1) is 17.5. The summed E-state index contributed by atoms with van der Waals surface area (Å²) in [6.45, 7) is 4.79. The van der Waals surface area contributed by atoms with Gasteiger partial charge in [-0.1, -0.05) is 48.0 Å². The van der Waals surface area contributed by atoms with Crippen LogP contribution in [-0.2, 0) is 25.9 Å². The van der Waals surface area contributed by atoms with Crippen LogP contribution in [0.5, 0.6) is 0 Å². The number of hydrogen-bond donors (Lipinski definition) is 1. The molecule has 0 aliphatic carbocycles. The number of rotatable bonds is 6. The van der Waals surface area contributed by atoms with Crippen LogP contribution in [0.15, 0.2) is 54.6 Å². The summed E-state index contributed by atoms with van der Waals surface area (Å²) in [5.74, 6) is -0.110. The molecule has 3 aromatic rings. The number of carbonyl (C=O) groups excluding carboxylic acids is 2. The number of benzene rings is 2. The van der Waals surface area contributed by atoms with Gasteiger partial charge in [-0.15, -0.1) is 0 Å². The van der Waals surface area contributed by atoms with E-state index in [1.165, 1.54) is 5.56 Å². The van der Waals surface area contributed by atoms with E-state index < -0.39 is 0 Å². The average molecular weight is 487 g/mol. The maximum Gasteiger partial charge on any atom is 0.274 e. The number of aliphatic hydroxyl groups is 1. The van der Waals surface area contributed by atoms with E-state index in [0.717, 1.165) is 36.2 Å². The minimum atomic E-state index is -0.346. The lowest BCUT2D eigenvalue weighted by atomic mass is 10.0. The Hall–Kier alpha value is -3.45. The lowest BCUT2D eigenvalue weighted by molar-refractivity contribution is 0.0536. The molecule has 0 saturated carbocycles. The highest BCUT2D eigenvalue weighted by Gasteiger charge is 2.33. The van der Waals surface area contributed by atoms with Crippen molar-refractivity contribution in [1.29, 1.82) is 0 Å². The molecule has 2 aromatic carbocycles. The zero-order valence-electron chi connectivity index (χ0n) is 20.9. The Labute approximate surface area is 212 Å². The van der Waals surface area contributed by atoms with E-state index in [1.54, 1.807) is 4.90 Å². The van der Waals surface area contributed by atoms with Crippen molar-refractivity contribution in [3.8, 4) is 0 Å². The van der Waals surface area contributed by atoms with Crippen molar-refractivity contribution >= 4 is 11.8 Å². The molecule has 0 unspecified atom stereocenters. The third-order valence-corrected chi connectivity index (χ3v) is 7.35. The van der Waals surface area contributed by atoms with Crippen molar-refractivity contribution in [3.63, 3.8) is 0 Å². The van der Waals surface area contributed by atoms with Gasteiger partial charge in [0.25, 0.3) is 11.8 Å². The number of aliphatic hydroxyl groups excluding tert-OH is 1. The topological polar surface area (TPSA) is 78.7 Å². The number of aromatic nitrogens is 2. The Bertz CT molecular complexity index is 1210. The summed E-state index contributed by atoms with van der Waals surface area (Å²) in [5.41, 5.74) is 5.47. The molecule has 36 heavy (non-hydrogen) atoms. The van der Waals surface area contributed by atoms with Crippen molar-refractivity contribution in [3.05, 3.63) is 88.2 Å². The van der Waals surface area contributed by atoms with E-state index in [-0.39, 0.29) is 17.9 Å². The molecule has 2 amide bonds. The summed E-state index contributed by atoms with van der Waals surface area (Å²) in [6.07, 6.45) is 3.38. The molecule has 7 heteroatoms. The second kappa shape index (κ2) is 10.7. The predicted molar refractivity (Wildman–Crippen MR) is 138 cm³/mol. The third-order valence-electron chi connectivity index (χ3n) is 7.35. The average Bonchev–Trinajstić information content (AvgIpc) is 3.27. The van der Waals surface area contributed by atoms with Gasteiger partial charge in [-0.3, -0.25) is 14.3 Å². The molecule has 1 fully saturated rings. The van der Waals surface area contributed by atoms with Gasteiger partial charge in [-0.2, -0.15) is 5.10 Å². The second-order valence-corrected chi connectivity index (χ2v) is 9.95. The summed E-state index contributed by atoms with van der Waals surface area (Å²) in [5, 5.41) is 14.7. The van der Waals surface area contributed by atoms with Crippen LogP contribution in [0, 0.1) is 6.92 Å². The van der Waals surface area contributed by atoms with Crippen LogP contribution >= 0.6 is 0 Å². The predicted octanol–water partition coefficient (Wildman–Crippen LogP) is 3.62. The third kappa shape index (κ3) is 5.21. The molecular weight excluding hydrogens is 452 g/mol. The lowest BCUT2D eigenvalue weighted by Crippen LogP contribution is -2.41. The Morgan fingerprint density at radius 1 is 0.944 bits per heavy atom. The number of nitrogens with zero attached hydrogens (tertiary/aromatic N) is 4. The van der Waals surface area contributed by atoms with Crippen LogP contribution < -0.4 is 0 Å². The van der Waals surface area contributed by atoms with Gasteiger partial charge in [0.15, 0.2) is 5.69 Å². The molecule has 3 heterocycles. The van der Waals surface area contributed by atoms with Gasteiger partial charge in [0.2, 0.25) is 0 Å². The molecule has 0 bridgehead atoms. The van der Waals surface area contributed by atoms with Gasteiger partial charge in [0, 0.05) is 49.4 Å². The number of likely N-dealkylation sites (tertiary alicyclic amines) is 1. The van der Waals surface area contributed by atoms with Crippen molar-refractivity contribution in [1.82, 2.24) is 19.6 Å². The smallest absolute Gasteiger partial charge is 0.274 e. The Kier molecular flexibility index (Phi) is 7.18. The number of piperidine rings is 1. The summed E-state index contributed by atoms with van der Waals surface area (Å²) >= 11 is 0. The Morgan fingerprint density at radius 2 is 1.67 bits per heavy atom. The molecule has 1 saturated heterocycles. The number of fused-ring (bicyclic) bond motifs is 1. The number of aryl methyl sites for hydroxylation is 3. The maximum atomic E-state index is 13.5. The fourth-order valence-electron chi connectivity index (χ4n) is 5.20. The SMILES string of the molecule is Cc1ccc(C(=O)N2CCc3c(c(C(=O)N4CCC(O)CC4)nn3CCCc3ccccc3)C2)cc1. The van der Waals surface area contributed by atoms with Crippen LogP contribution in [-0.4, -0.2) is 62.2 Å². The summed E-state index contributed by atoms with van der Waals surface area (Å²) in [7, 11) is 0. The van der Waals surface area contributed by atoms with Crippen LogP contribution in [0.1, 0.15) is 62.5 Å². The zero-order chi connectivity index (χ0) is 25.1. The molecule has 188 valence electrons. The second-order valence-electron chi connectivity index (χ2n) is 9.95. The number of amides is 2. The van der Waals surface area contributed by atoms with E-state index in [0.29, 0.717) is 56.7 Å². The minimum absolute atomic E-state index is 0.0167. The molecular formula is C29H34N4O3. The fourth-order valence-corrected chi connectivity index (χ4v) is 5.20. The molecule has 2 aliphatic rings. The highest BCUT2D eigenvalue weighted by molar-refractivity contribution is 5.96. The van der Waals surface area contributed by atoms with E-state index in [4.69, 9.17) is 5.10 Å². The van der Waals surface area contributed by atoms with E-state index in [9.17, 15) is 14.7 Å². The lowest BCUT2D eigenvalue weighted by Gasteiger charge is -2.30. The molecule has 1 aromatic heterocycles. The van der Waals surface area contributed by atoms with Crippen LogP contribution in [0.25, 0.3) is 0 Å². The Morgan fingerprint density at radius 3 is 2.39 bits per heavy atom. The Balaban J connectivity index is 1.38. The van der Waals surface area contributed by atoms with Crippen LogP contribution in [0.2, 0.25) is 0 Å². The van der Waals surface area contributed by atoms with Crippen molar-refractivity contribution < 1.29 is 14.7 Å². The summed E-state index contributed by atoms with van der Waals surface area (Å²) in [6, 6.07) is 18.0. The molecule has 0 atom stereocenters. The molecule has 5 rings (SSSR count). The monoisotopic (exact) mass is 486 g/mol. The highest BCUT2D eigenvalue weighted by atomic mass is 16.3. The molecule has 7 nitrogen and oxygen atoms in total. The standard InChI is InChI=1S/C29H34N4O3/c1-21-9-11-23(12-10-21)28(35)32-19-15-26-25(20-32)27(29(36)31-17-13-24(34)14-18-31)30-33(26)16-5-8-22-6-3-2-4-7-22/h2-4,6-7,9-12,24,34H,5,8,13-20H2,1H3.